The Bertz CT molecular complexity index is 1220. The number of aromatic nitrogens is 2. The Hall–Kier alpha value is -3.94. The zero-order valence-electron chi connectivity index (χ0n) is 18.9. The Labute approximate surface area is 198 Å². The number of imidazole rings is 1. The predicted molar refractivity (Wildman–Crippen MR) is 129 cm³/mol. The van der Waals surface area contributed by atoms with E-state index in [1.807, 2.05) is 58.1 Å². The maximum absolute atomic E-state index is 12.5. The van der Waals surface area contributed by atoms with Crippen LogP contribution in [0.2, 0.25) is 0 Å². The number of nitrogens with zero attached hydrogens (tertiary/aromatic N) is 3. The fourth-order valence-corrected chi connectivity index (χ4v) is 4.78. The van der Waals surface area contributed by atoms with Crippen LogP contribution < -0.4 is 15.5 Å². The Morgan fingerprint density at radius 1 is 1.00 bits per heavy atom. The summed E-state index contributed by atoms with van der Waals surface area (Å²) in [5.41, 5.74) is 4.76. The molecule has 0 saturated carbocycles. The highest BCUT2D eigenvalue weighted by atomic mass is 16.2. The lowest BCUT2D eigenvalue weighted by Crippen LogP contribution is -2.39. The molecule has 8 nitrogen and oxygen atoms in total. The second-order valence-corrected chi connectivity index (χ2v) is 8.67. The highest BCUT2D eigenvalue weighted by Crippen LogP contribution is 2.37. The molecule has 3 amide bonds. The smallest absolute Gasteiger partial charge is 0.313 e. The van der Waals surface area contributed by atoms with Crippen molar-refractivity contribution in [2.75, 3.05) is 23.3 Å². The van der Waals surface area contributed by atoms with Crippen molar-refractivity contribution in [2.45, 2.75) is 38.6 Å². The zero-order chi connectivity index (χ0) is 23.5. The highest BCUT2D eigenvalue weighted by Gasteiger charge is 2.30. The first-order valence-corrected chi connectivity index (χ1v) is 11.7. The van der Waals surface area contributed by atoms with Crippen LogP contribution in [-0.2, 0) is 33.8 Å². The van der Waals surface area contributed by atoms with Crippen molar-refractivity contribution >= 4 is 29.1 Å². The van der Waals surface area contributed by atoms with Gasteiger partial charge in [-0.25, -0.2) is 4.98 Å². The van der Waals surface area contributed by atoms with E-state index in [0.29, 0.717) is 38.0 Å². The van der Waals surface area contributed by atoms with Gasteiger partial charge in [0.1, 0.15) is 5.82 Å². The minimum Gasteiger partial charge on any atom is -0.348 e. The Balaban J connectivity index is 1.15. The summed E-state index contributed by atoms with van der Waals surface area (Å²) in [6.45, 7) is 1.81. The molecule has 34 heavy (non-hydrogen) atoms. The van der Waals surface area contributed by atoms with Gasteiger partial charge in [-0.3, -0.25) is 14.4 Å². The van der Waals surface area contributed by atoms with E-state index in [1.165, 1.54) is 0 Å². The minimum atomic E-state index is -0.681. The summed E-state index contributed by atoms with van der Waals surface area (Å²) in [4.78, 5) is 43.3. The molecule has 1 aromatic heterocycles. The molecule has 2 aromatic carbocycles. The molecule has 0 aliphatic carbocycles. The van der Waals surface area contributed by atoms with Crippen LogP contribution in [0.1, 0.15) is 30.4 Å². The number of carbonyl (C=O) groups is 3. The number of hydrogen-bond donors (Lipinski definition) is 2. The molecule has 0 bridgehead atoms. The fourth-order valence-electron chi connectivity index (χ4n) is 4.78. The van der Waals surface area contributed by atoms with Crippen LogP contribution in [0.15, 0.2) is 54.9 Å². The SMILES string of the molecule is O=C(NCCCn1ccnc1-c1ccccc1)C(=O)Nc1cc2c3c(c1)CCC(=O)N3CCC2. The number of rotatable bonds is 6. The van der Waals surface area contributed by atoms with E-state index in [1.54, 1.807) is 6.20 Å². The first-order valence-electron chi connectivity index (χ1n) is 11.7. The van der Waals surface area contributed by atoms with Gasteiger partial charge in [0, 0.05) is 49.7 Å². The summed E-state index contributed by atoms with van der Waals surface area (Å²) in [6.07, 6.45) is 7.24. The van der Waals surface area contributed by atoms with Crippen LogP contribution >= 0.6 is 0 Å². The van der Waals surface area contributed by atoms with Crippen molar-refractivity contribution in [3.8, 4) is 11.4 Å². The molecule has 3 heterocycles. The molecule has 2 N–H and O–H groups in total. The summed E-state index contributed by atoms with van der Waals surface area (Å²) in [7, 11) is 0. The zero-order valence-corrected chi connectivity index (χ0v) is 18.9. The minimum absolute atomic E-state index is 0.163. The van der Waals surface area contributed by atoms with E-state index in [0.717, 1.165) is 47.6 Å². The Morgan fingerprint density at radius 3 is 2.62 bits per heavy atom. The molecule has 8 heteroatoms. The lowest BCUT2D eigenvalue weighted by Gasteiger charge is -2.35. The second kappa shape index (κ2) is 9.51. The number of hydrogen-bond acceptors (Lipinski definition) is 4. The normalized spacial score (nSPS) is 14.5. The summed E-state index contributed by atoms with van der Waals surface area (Å²) in [6, 6.07) is 13.7. The summed E-state index contributed by atoms with van der Waals surface area (Å²) < 4.78 is 2.04. The molecule has 3 aromatic rings. The molecule has 0 atom stereocenters. The monoisotopic (exact) mass is 457 g/mol. The van der Waals surface area contributed by atoms with Gasteiger partial charge in [-0.15, -0.1) is 0 Å². The van der Waals surface area contributed by atoms with Gasteiger partial charge in [-0.1, -0.05) is 30.3 Å². The molecular formula is C26H27N5O3. The lowest BCUT2D eigenvalue weighted by atomic mass is 9.91. The molecule has 0 saturated heterocycles. The molecule has 0 radical (unpaired) electrons. The second-order valence-electron chi connectivity index (χ2n) is 8.67. The van der Waals surface area contributed by atoms with Crippen LogP contribution in [0.3, 0.4) is 0 Å². The van der Waals surface area contributed by atoms with Crippen molar-refractivity contribution in [2.24, 2.45) is 0 Å². The van der Waals surface area contributed by atoms with E-state index < -0.39 is 11.8 Å². The van der Waals surface area contributed by atoms with Crippen LogP contribution in [-0.4, -0.2) is 40.4 Å². The van der Waals surface area contributed by atoms with Gasteiger partial charge in [-0.2, -0.15) is 0 Å². The predicted octanol–water partition coefficient (Wildman–Crippen LogP) is 2.92. The third-order valence-corrected chi connectivity index (χ3v) is 6.35. The third-order valence-electron chi connectivity index (χ3n) is 6.35. The molecule has 2 aliphatic rings. The summed E-state index contributed by atoms with van der Waals surface area (Å²) >= 11 is 0. The quantitative estimate of drug-likeness (QED) is 0.439. The number of carbonyl (C=O) groups excluding carboxylic acids is 3. The van der Waals surface area contributed by atoms with Crippen LogP contribution in [0, 0.1) is 0 Å². The van der Waals surface area contributed by atoms with E-state index in [4.69, 9.17) is 0 Å². The van der Waals surface area contributed by atoms with Crippen molar-refractivity contribution in [3.05, 3.63) is 66.0 Å². The molecule has 0 spiro atoms. The molecule has 174 valence electrons. The number of nitrogens with one attached hydrogen (secondary N) is 2. The van der Waals surface area contributed by atoms with Crippen molar-refractivity contribution in [3.63, 3.8) is 0 Å². The maximum Gasteiger partial charge on any atom is 0.313 e. The van der Waals surface area contributed by atoms with Gasteiger partial charge < -0.3 is 20.1 Å². The molecule has 2 aliphatic heterocycles. The lowest BCUT2D eigenvalue weighted by molar-refractivity contribution is -0.136. The number of benzene rings is 2. The summed E-state index contributed by atoms with van der Waals surface area (Å²) in [5.74, 6) is -0.297. The number of aryl methyl sites for hydroxylation is 3. The number of amides is 3. The average Bonchev–Trinajstić information content (AvgIpc) is 3.33. The highest BCUT2D eigenvalue weighted by molar-refractivity contribution is 6.39. The molecule has 0 fully saturated rings. The van der Waals surface area contributed by atoms with Crippen LogP contribution in [0.4, 0.5) is 11.4 Å². The first-order chi connectivity index (χ1) is 16.6. The maximum atomic E-state index is 12.5. The Kier molecular flexibility index (Phi) is 6.12. The number of anilines is 2. The fraction of sp³-hybridized carbons (Fsp3) is 0.308. The van der Waals surface area contributed by atoms with Gasteiger partial charge in [0.25, 0.3) is 0 Å². The molecule has 5 rings (SSSR count). The van der Waals surface area contributed by atoms with Gasteiger partial charge in [0.2, 0.25) is 5.91 Å². The summed E-state index contributed by atoms with van der Waals surface area (Å²) in [5, 5.41) is 5.43. The first kappa shape index (κ1) is 21.9. The van der Waals surface area contributed by atoms with E-state index in [2.05, 4.69) is 15.6 Å². The largest absolute Gasteiger partial charge is 0.348 e. The van der Waals surface area contributed by atoms with Gasteiger partial charge in [-0.05, 0) is 48.9 Å². The van der Waals surface area contributed by atoms with Crippen LogP contribution in [0.5, 0.6) is 0 Å². The van der Waals surface area contributed by atoms with Gasteiger partial charge in [0.15, 0.2) is 0 Å². The topological polar surface area (TPSA) is 96.3 Å². The van der Waals surface area contributed by atoms with E-state index in [9.17, 15) is 14.4 Å². The third kappa shape index (κ3) is 4.44. The average molecular weight is 458 g/mol. The molecule has 0 unspecified atom stereocenters. The van der Waals surface area contributed by atoms with E-state index >= 15 is 0 Å². The van der Waals surface area contributed by atoms with Gasteiger partial charge >= 0.3 is 11.8 Å². The van der Waals surface area contributed by atoms with Crippen molar-refractivity contribution in [1.29, 1.82) is 0 Å². The van der Waals surface area contributed by atoms with E-state index in [-0.39, 0.29) is 5.91 Å². The standard InChI is InChI=1S/C26H27N5O3/c32-22-10-9-20-17-21(16-19-8-4-14-31(22)23(19)20)29-26(34)25(33)28-11-5-13-30-15-12-27-24(30)18-6-2-1-3-7-18/h1-3,6-7,12,15-17H,4-5,8-11,13-14H2,(H,28,33)(H,29,34). The van der Waals surface area contributed by atoms with Crippen molar-refractivity contribution in [1.82, 2.24) is 14.9 Å². The van der Waals surface area contributed by atoms with Crippen molar-refractivity contribution < 1.29 is 14.4 Å². The van der Waals surface area contributed by atoms with Gasteiger partial charge in [0.05, 0.1) is 5.69 Å². The Morgan fingerprint density at radius 2 is 1.79 bits per heavy atom. The molecular weight excluding hydrogens is 430 g/mol. The van der Waals surface area contributed by atoms with Crippen LogP contribution in [0.25, 0.3) is 11.4 Å².